The van der Waals surface area contributed by atoms with Crippen molar-refractivity contribution in [1.29, 1.82) is 0 Å². The predicted molar refractivity (Wildman–Crippen MR) is 102 cm³/mol. The van der Waals surface area contributed by atoms with E-state index in [4.69, 9.17) is 4.98 Å². The Balaban J connectivity index is 1.60. The highest BCUT2D eigenvalue weighted by molar-refractivity contribution is 5.87. The Kier molecular flexibility index (Phi) is 4.94. The van der Waals surface area contributed by atoms with Gasteiger partial charge in [-0.15, -0.1) is 0 Å². The van der Waals surface area contributed by atoms with Gasteiger partial charge in [0, 0.05) is 30.9 Å². The van der Waals surface area contributed by atoms with E-state index in [2.05, 4.69) is 54.6 Å². The Morgan fingerprint density at radius 3 is 2.58 bits per heavy atom. The number of fused-ring (bicyclic) bond motifs is 1. The highest BCUT2D eigenvalue weighted by Gasteiger charge is 2.06. The molecule has 0 aliphatic carbocycles. The Labute approximate surface area is 143 Å². The average Bonchev–Trinajstić information content (AvgIpc) is 2.59. The Morgan fingerprint density at radius 2 is 1.79 bits per heavy atom. The number of aromatic nitrogens is 2. The molecule has 0 bridgehead atoms. The molecule has 2 N–H and O–H groups in total. The van der Waals surface area contributed by atoms with Crippen LogP contribution in [0, 0.1) is 20.8 Å². The fraction of sp³-hybridized carbons (Fsp3) is 0.300. The standard InChI is InChI=1S/C20H24N4/c1-14-7-8-18-15(2)12-19(24-20(18)16(14)3)23-11-5-10-22-17-6-4-9-21-13-17/h4,6-9,12-13,22H,5,10-11H2,1-3H3,(H,23,24). The van der Waals surface area contributed by atoms with E-state index in [0.29, 0.717) is 0 Å². The molecule has 0 radical (unpaired) electrons. The number of hydrogen-bond donors (Lipinski definition) is 2. The molecule has 4 nitrogen and oxygen atoms in total. The highest BCUT2D eigenvalue weighted by Crippen LogP contribution is 2.25. The molecule has 0 saturated heterocycles. The molecular weight excluding hydrogens is 296 g/mol. The lowest BCUT2D eigenvalue weighted by atomic mass is 10.0. The molecule has 1 aromatic carbocycles. The minimum atomic E-state index is 0.885. The summed E-state index contributed by atoms with van der Waals surface area (Å²) in [5.74, 6) is 0.954. The summed E-state index contributed by atoms with van der Waals surface area (Å²) in [5.41, 5.74) is 5.97. The van der Waals surface area contributed by atoms with E-state index in [-0.39, 0.29) is 0 Å². The first-order valence-corrected chi connectivity index (χ1v) is 8.40. The van der Waals surface area contributed by atoms with E-state index in [9.17, 15) is 0 Å². The van der Waals surface area contributed by atoms with Gasteiger partial charge >= 0.3 is 0 Å². The van der Waals surface area contributed by atoms with Gasteiger partial charge in [0.05, 0.1) is 11.2 Å². The average molecular weight is 320 g/mol. The van der Waals surface area contributed by atoms with Gasteiger partial charge in [-0.2, -0.15) is 0 Å². The minimum absolute atomic E-state index is 0.885. The van der Waals surface area contributed by atoms with Gasteiger partial charge in [-0.25, -0.2) is 4.98 Å². The summed E-state index contributed by atoms with van der Waals surface area (Å²) >= 11 is 0. The fourth-order valence-electron chi connectivity index (χ4n) is 2.79. The highest BCUT2D eigenvalue weighted by atomic mass is 15.0. The number of nitrogens with zero attached hydrogens (tertiary/aromatic N) is 2. The van der Waals surface area contributed by atoms with Crippen LogP contribution in [-0.2, 0) is 0 Å². The maximum atomic E-state index is 4.81. The van der Waals surface area contributed by atoms with Crippen molar-refractivity contribution >= 4 is 22.4 Å². The van der Waals surface area contributed by atoms with Crippen LogP contribution in [0.5, 0.6) is 0 Å². The van der Waals surface area contributed by atoms with Gasteiger partial charge in [0.15, 0.2) is 0 Å². The van der Waals surface area contributed by atoms with Crippen LogP contribution in [0.25, 0.3) is 10.9 Å². The van der Waals surface area contributed by atoms with Crippen molar-refractivity contribution in [2.24, 2.45) is 0 Å². The smallest absolute Gasteiger partial charge is 0.126 e. The Morgan fingerprint density at radius 1 is 0.958 bits per heavy atom. The van der Waals surface area contributed by atoms with Gasteiger partial charge in [-0.05, 0) is 62.1 Å². The zero-order valence-electron chi connectivity index (χ0n) is 14.6. The van der Waals surface area contributed by atoms with Gasteiger partial charge in [-0.1, -0.05) is 12.1 Å². The van der Waals surface area contributed by atoms with E-state index >= 15 is 0 Å². The van der Waals surface area contributed by atoms with Crippen LogP contribution in [0.4, 0.5) is 11.5 Å². The fourth-order valence-corrected chi connectivity index (χ4v) is 2.79. The molecule has 0 unspecified atom stereocenters. The molecule has 24 heavy (non-hydrogen) atoms. The maximum absolute atomic E-state index is 4.81. The number of aryl methyl sites for hydroxylation is 3. The molecule has 2 aromatic heterocycles. The number of anilines is 2. The monoisotopic (exact) mass is 320 g/mol. The summed E-state index contributed by atoms with van der Waals surface area (Å²) in [7, 11) is 0. The number of nitrogens with one attached hydrogen (secondary N) is 2. The van der Waals surface area contributed by atoms with Crippen molar-refractivity contribution in [2.75, 3.05) is 23.7 Å². The molecular formula is C20H24N4. The number of benzene rings is 1. The molecule has 0 saturated carbocycles. The van der Waals surface area contributed by atoms with E-state index in [1.165, 1.54) is 22.1 Å². The summed E-state index contributed by atoms with van der Waals surface area (Å²) < 4.78 is 0. The van der Waals surface area contributed by atoms with Crippen LogP contribution in [0.2, 0.25) is 0 Å². The van der Waals surface area contributed by atoms with Crippen molar-refractivity contribution < 1.29 is 0 Å². The van der Waals surface area contributed by atoms with Crippen molar-refractivity contribution in [1.82, 2.24) is 9.97 Å². The largest absolute Gasteiger partial charge is 0.384 e. The number of pyridine rings is 2. The topological polar surface area (TPSA) is 49.8 Å². The van der Waals surface area contributed by atoms with Crippen molar-refractivity contribution in [3.63, 3.8) is 0 Å². The van der Waals surface area contributed by atoms with Crippen LogP contribution in [0.1, 0.15) is 23.1 Å². The second-order valence-corrected chi connectivity index (χ2v) is 6.18. The van der Waals surface area contributed by atoms with Crippen molar-refractivity contribution in [2.45, 2.75) is 27.2 Å². The van der Waals surface area contributed by atoms with Gasteiger partial charge in [0.1, 0.15) is 5.82 Å². The zero-order valence-corrected chi connectivity index (χ0v) is 14.6. The lowest BCUT2D eigenvalue weighted by molar-refractivity contribution is 0.903. The summed E-state index contributed by atoms with van der Waals surface area (Å²) in [6.07, 6.45) is 4.64. The van der Waals surface area contributed by atoms with E-state index in [1.54, 1.807) is 6.20 Å². The number of rotatable bonds is 6. The molecule has 0 spiro atoms. The van der Waals surface area contributed by atoms with Crippen LogP contribution >= 0.6 is 0 Å². The van der Waals surface area contributed by atoms with Crippen LogP contribution < -0.4 is 10.6 Å². The van der Waals surface area contributed by atoms with Crippen LogP contribution in [-0.4, -0.2) is 23.1 Å². The Bertz CT molecular complexity index is 828. The quantitative estimate of drug-likeness (QED) is 0.658. The van der Waals surface area contributed by atoms with E-state index in [1.807, 2.05) is 18.3 Å². The summed E-state index contributed by atoms with van der Waals surface area (Å²) in [6, 6.07) is 10.4. The minimum Gasteiger partial charge on any atom is -0.384 e. The third-order valence-electron chi connectivity index (χ3n) is 4.36. The molecule has 0 amide bonds. The lowest BCUT2D eigenvalue weighted by Gasteiger charge is -2.12. The lowest BCUT2D eigenvalue weighted by Crippen LogP contribution is -2.10. The summed E-state index contributed by atoms with van der Waals surface area (Å²) in [5, 5.41) is 8.05. The van der Waals surface area contributed by atoms with Crippen molar-refractivity contribution in [3.8, 4) is 0 Å². The van der Waals surface area contributed by atoms with Gasteiger partial charge in [0.25, 0.3) is 0 Å². The summed E-state index contributed by atoms with van der Waals surface area (Å²) in [6.45, 7) is 8.22. The second-order valence-electron chi connectivity index (χ2n) is 6.18. The molecule has 0 fully saturated rings. The molecule has 0 aliphatic rings. The molecule has 0 atom stereocenters. The third-order valence-corrected chi connectivity index (χ3v) is 4.36. The first-order valence-electron chi connectivity index (χ1n) is 8.40. The van der Waals surface area contributed by atoms with E-state index in [0.717, 1.165) is 36.5 Å². The second kappa shape index (κ2) is 7.30. The molecule has 124 valence electrons. The van der Waals surface area contributed by atoms with E-state index < -0.39 is 0 Å². The molecule has 3 rings (SSSR count). The normalized spacial score (nSPS) is 10.8. The zero-order chi connectivity index (χ0) is 16.9. The summed E-state index contributed by atoms with van der Waals surface area (Å²) in [4.78, 5) is 8.91. The molecule has 0 aliphatic heterocycles. The molecule has 3 aromatic rings. The van der Waals surface area contributed by atoms with Gasteiger partial charge < -0.3 is 10.6 Å². The SMILES string of the molecule is Cc1ccc2c(C)cc(NCCCNc3cccnc3)nc2c1C. The van der Waals surface area contributed by atoms with Gasteiger partial charge in [0.2, 0.25) is 0 Å². The van der Waals surface area contributed by atoms with Crippen molar-refractivity contribution in [3.05, 3.63) is 59.4 Å². The third kappa shape index (κ3) is 3.65. The van der Waals surface area contributed by atoms with Crippen LogP contribution in [0.15, 0.2) is 42.7 Å². The molecule has 2 heterocycles. The van der Waals surface area contributed by atoms with Crippen LogP contribution in [0.3, 0.4) is 0 Å². The first kappa shape index (κ1) is 16.2. The maximum Gasteiger partial charge on any atom is 0.126 e. The predicted octanol–water partition coefficient (Wildman–Crippen LogP) is 4.47. The molecule has 4 heteroatoms. The Hall–Kier alpha value is -2.62. The first-order chi connectivity index (χ1) is 11.6. The van der Waals surface area contributed by atoms with Gasteiger partial charge in [-0.3, -0.25) is 4.98 Å². The number of hydrogen-bond acceptors (Lipinski definition) is 4.